The van der Waals surface area contributed by atoms with Crippen molar-refractivity contribution in [2.75, 3.05) is 11.9 Å². The van der Waals surface area contributed by atoms with Gasteiger partial charge in [-0.15, -0.1) is 0 Å². The number of nitrogens with one attached hydrogen (secondary N) is 1. The Morgan fingerprint density at radius 2 is 1.89 bits per heavy atom. The summed E-state index contributed by atoms with van der Waals surface area (Å²) in [5.74, 6) is 1.09. The number of hydrogen-bond acceptors (Lipinski definition) is 3. The van der Waals surface area contributed by atoms with Gasteiger partial charge in [0.2, 0.25) is 0 Å². The normalized spacial score (nSPS) is 24.2. The molecule has 106 valence electrons. The van der Waals surface area contributed by atoms with Crippen LogP contribution in [0.4, 0.5) is 19.0 Å². The van der Waals surface area contributed by atoms with Crippen LogP contribution in [0.25, 0.3) is 0 Å². The first kappa shape index (κ1) is 14.1. The molecule has 1 saturated carbocycles. The molecule has 1 aliphatic rings. The third-order valence-corrected chi connectivity index (χ3v) is 3.62. The molecule has 0 unspecified atom stereocenters. The first-order valence-electron chi connectivity index (χ1n) is 6.49. The fourth-order valence-corrected chi connectivity index (χ4v) is 2.40. The van der Waals surface area contributed by atoms with Crippen molar-refractivity contribution >= 4 is 5.82 Å². The molecule has 1 aromatic heterocycles. The standard InChI is InChI=1S/C13H18F3N3/c14-13(15,16)10-3-6-12(18-8-10)19-11-4-1-9(7-17)2-5-11/h3,6,8-9,11H,1-2,4-5,7,17H2,(H,18,19)/t9-,11-. The van der Waals surface area contributed by atoms with Crippen LogP contribution in [0.15, 0.2) is 18.3 Å². The van der Waals surface area contributed by atoms with Gasteiger partial charge in [0.25, 0.3) is 0 Å². The summed E-state index contributed by atoms with van der Waals surface area (Å²) in [7, 11) is 0. The SMILES string of the molecule is NC[C@H]1CC[C@H](Nc2ccc(C(F)(F)F)cn2)CC1. The molecule has 0 amide bonds. The van der Waals surface area contributed by atoms with Gasteiger partial charge in [-0.25, -0.2) is 4.98 Å². The zero-order valence-corrected chi connectivity index (χ0v) is 10.6. The lowest BCUT2D eigenvalue weighted by molar-refractivity contribution is -0.137. The van der Waals surface area contributed by atoms with Gasteiger partial charge in [0.05, 0.1) is 5.56 Å². The predicted octanol–water partition coefficient (Wildman–Crippen LogP) is 3.03. The minimum absolute atomic E-state index is 0.284. The molecule has 3 N–H and O–H groups in total. The minimum Gasteiger partial charge on any atom is -0.367 e. The van der Waals surface area contributed by atoms with Crippen molar-refractivity contribution in [2.45, 2.75) is 37.9 Å². The van der Waals surface area contributed by atoms with E-state index in [0.717, 1.165) is 37.9 Å². The van der Waals surface area contributed by atoms with Crippen molar-refractivity contribution in [1.29, 1.82) is 0 Å². The van der Waals surface area contributed by atoms with Crippen LogP contribution in [0.5, 0.6) is 0 Å². The largest absolute Gasteiger partial charge is 0.417 e. The molecule has 3 nitrogen and oxygen atoms in total. The van der Waals surface area contributed by atoms with Crippen LogP contribution < -0.4 is 11.1 Å². The maximum Gasteiger partial charge on any atom is 0.417 e. The van der Waals surface area contributed by atoms with Gasteiger partial charge in [-0.2, -0.15) is 13.2 Å². The number of anilines is 1. The third-order valence-electron chi connectivity index (χ3n) is 3.62. The van der Waals surface area contributed by atoms with E-state index in [2.05, 4.69) is 10.3 Å². The number of rotatable bonds is 3. The van der Waals surface area contributed by atoms with E-state index in [1.165, 1.54) is 6.07 Å². The molecule has 1 aromatic rings. The topological polar surface area (TPSA) is 50.9 Å². The summed E-state index contributed by atoms with van der Waals surface area (Å²) in [6.07, 6.45) is 0.650. The third kappa shape index (κ3) is 3.83. The quantitative estimate of drug-likeness (QED) is 0.890. The van der Waals surface area contributed by atoms with E-state index < -0.39 is 11.7 Å². The van der Waals surface area contributed by atoms with Gasteiger partial charge in [-0.1, -0.05) is 0 Å². The summed E-state index contributed by atoms with van der Waals surface area (Å²) in [6, 6.07) is 2.73. The smallest absolute Gasteiger partial charge is 0.367 e. The first-order valence-corrected chi connectivity index (χ1v) is 6.49. The molecular formula is C13H18F3N3. The highest BCUT2D eigenvalue weighted by atomic mass is 19.4. The van der Waals surface area contributed by atoms with E-state index in [4.69, 9.17) is 5.73 Å². The average molecular weight is 273 g/mol. The number of halogens is 3. The van der Waals surface area contributed by atoms with Crippen molar-refractivity contribution in [1.82, 2.24) is 4.98 Å². The highest BCUT2D eigenvalue weighted by Gasteiger charge is 2.30. The monoisotopic (exact) mass is 273 g/mol. The summed E-state index contributed by atoms with van der Waals surface area (Å²) >= 11 is 0. The highest BCUT2D eigenvalue weighted by molar-refractivity contribution is 5.37. The Balaban J connectivity index is 1.90. The van der Waals surface area contributed by atoms with Gasteiger partial charge in [0.15, 0.2) is 0 Å². The van der Waals surface area contributed by atoms with Gasteiger partial charge < -0.3 is 11.1 Å². The van der Waals surface area contributed by atoms with Crippen molar-refractivity contribution < 1.29 is 13.2 Å². The van der Waals surface area contributed by atoms with E-state index in [1.807, 2.05) is 0 Å². The molecule has 0 spiro atoms. The molecule has 19 heavy (non-hydrogen) atoms. The van der Waals surface area contributed by atoms with E-state index in [1.54, 1.807) is 0 Å². The minimum atomic E-state index is -4.33. The average Bonchev–Trinajstić information content (AvgIpc) is 2.39. The van der Waals surface area contributed by atoms with Crippen molar-refractivity contribution in [2.24, 2.45) is 11.7 Å². The Morgan fingerprint density at radius 1 is 1.21 bits per heavy atom. The van der Waals surface area contributed by atoms with Gasteiger partial charge in [-0.05, 0) is 50.3 Å². The summed E-state index contributed by atoms with van der Waals surface area (Å²) in [6.45, 7) is 0.714. The van der Waals surface area contributed by atoms with E-state index in [0.29, 0.717) is 18.3 Å². The molecule has 2 rings (SSSR count). The van der Waals surface area contributed by atoms with Crippen LogP contribution in [0.2, 0.25) is 0 Å². The second-order valence-corrected chi connectivity index (χ2v) is 5.03. The van der Waals surface area contributed by atoms with Crippen LogP contribution in [-0.2, 0) is 6.18 Å². The van der Waals surface area contributed by atoms with Crippen molar-refractivity contribution in [3.63, 3.8) is 0 Å². The molecule has 0 aliphatic heterocycles. The number of aromatic nitrogens is 1. The predicted molar refractivity (Wildman–Crippen MR) is 67.7 cm³/mol. The second kappa shape index (κ2) is 5.77. The fraction of sp³-hybridized carbons (Fsp3) is 0.615. The molecule has 1 fully saturated rings. The molecule has 0 radical (unpaired) electrons. The van der Waals surface area contributed by atoms with Gasteiger partial charge >= 0.3 is 6.18 Å². The number of alkyl halides is 3. The van der Waals surface area contributed by atoms with Crippen LogP contribution in [0.3, 0.4) is 0 Å². The lowest BCUT2D eigenvalue weighted by Crippen LogP contribution is -2.29. The van der Waals surface area contributed by atoms with Crippen LogP contribution in [0.1, 0.15) is 31.2 Å². The summed E-state index contributed by atoms with van der Waals surface area (Å²) < 4.78 is 37.2. The Labute approximate surface area is 110 Å². The van der Waals surface area contributed by atoms with E-state index >= 15 is 0 Å². The Bertz CT molecular complexity index is 395. The molecule has 1 aliphatic carbocycles. The highest BCUT2D eigenvalue weighted by Crippen LogP contribution is 2.29. The van der Waals surface area contributed by atoms with Crippen LogP contribution in [0, 0.1) is 5.92 Å². The summed E-state index contributed by atoms with van der Waals surface area (Å²) in [5.41, 5.74) is 4.90. The van der Waals surface area contributed by atoms with Crippen molar-refractivity contribution in [3.05, 3.63) is 23.9 Å². The van der Waals surface area contributed by atoms with Gasteiger partial charge in [0, 0.05) is 12.2 Å². The molecule has 0 bridgehead atoms. The summed E-state index contributed by atoms with van der Waals surface area (Å²) in [4.78, 5) is 3.82. The molecular weight excluding hydrogens is 255 g/mol. The maximum atomic E-state index is 12.4. The van der Waals surface area contributed by atoms with E-state index in [9.17, 15) is 13.2 Å². The van der Waals surface area contributed by atoms with Crippen molar-refractivity contribution in [3.8, 4) is 0 Å². The number of hydrogen-bond donors (Lipinski definition) is 2. The molecule has 0 atom stereocenters. The first-order chi connectivity index (χ1) is 8.99. The zero-order valence-electron chi connectivity index (χ0n) is 10.6. The lowest BCUT2D eigenvalue weighted by atomic mass is 9.86. The molecule has 0 aromatic carbocycles. The number of nitrogens with two attached hydrogens (primary N) is 1. The molecule has 1 heterocycles. The van der Waals surface area contributed by atoms with E-state index in [-0.39, 0.29) is 6.04 Å². The second-order valence-electron chi connectivity index (χ2n) is 5.03. The number of nitrogens with zero attached hydrogens (tertiary/aromatic N) is 1. The zero-order chi connectivity index (χ0) is 13.9. The molecule has 0 saturated heterocycles. The fourth-order valence-electron chi connectivity index (χ4n) is 2.40. The van der Waals surface area contributed by atoms with Crippen LogP contribution in [-0.4, -0.2) is 17.6 Å². The van der Waals surface area contributed by atoms with Crippen LogP contribution >= 0.6 is 0 Å². The lowest BCUT2D eigenvalue weighted by Gasteiger charge is -2.28. The van der Waals surface area contributed by atoms with Gasteiger partial charge in [-0.3, -0.25) is 0 Å². The summed E-state index contributed by atoms with van der Waals surface area (Å²) in [5, 5.41) is 3.18. The number of pyridine rings is 1. The van der Waals surface area contributed by atoms with Gasteiger partial charge in [0.1, 0.15) is 5.82 Å². The molecule has 6 heteroatoms. The Morgan fingerprint density at radius 3 is 2.37 bits per heavy atom. The Kier molecular flexibility index (Phi) is 4.29. The Hall–Kier alpha value is -1.30. The maximum absolute atomic E-state index is 12.4.